The Kier molecular flexibility index (Phi) is 4.29. The predicted molar refractivity (Wildman–Crippen MR) is 79.1 cm³/mol. The van der Waals surface area contributed by atoms with Gasteiger partial charge in [-0.05, 0) is 58.6 Å². The molecule has 0 saturated carbocycles. The highest BCUT2D eigenvalue weighted by Crippen LogP contribution is 2.32. The van der Waals surface area contributed by atoms with Gasteiger partial charge in [-0.1, -0.05) is 29.8 Å². The molecular formula is C15H13BrClFO. The first-order chi connectivity index (χ1) is 8.91. The van der Waals surface area contributed by atoms with Crippen LogP contribution in [0.1, 0.15) is 28.4 Å². The zero-order valence-corrected chi connectivity index (χ0v) is 12.9. The molecule has 4 heteroatoms. The van der Waals surface area contributed by atoms with Crippen LogP contribution in [0.3, 0.4) is 0 Å². The SMILES string of the molecule is Cc1cc(C(O)c2cccc(Br)c2F)c(C)cc1Cl. The van der Waals surface area contributed by atoms with Gasteiger partial charge in [-0.15, -0.1) is 0 Å². The summed E-state index contributed by atoms with van der Waals surface area (Å²) >= 11 is 9.15. The minimum atomic E-state index is -1.01. The first-order valence-corrected chi connectivity index (χ1v) is 6.97. The molecule has 0 amide bonds. The van der Waals surface area contributed by atoms with E-state index >= 15 is 0 Å². The van der Waals surface area contributed by atoms with Gasteiger partial charge in [-0.3, -0.25) is 0 Å². The third-order valence-electron chi connectivity index (χ3n) is 3.12. The van der Waals surface area contributed by atoms with Gasteiger partial charge < -0.3 is 5.11 Å². The Morgan fingerprint density at radius 3 is 2.53 bits per heavy atom. The minimum Gasteiger partial charge on any atom is -0.384 e. The van der Waals surface area contributed by atoms with Gasteiger partial charge in [0.15, 0.2) is 0 Å². The second-order valence-corrected chi connectivity index (χ2v) is 5.77. The molecule has 2 aromatic carbocycles. The van der Waals surface area contributed by atoms with Gasteiger partial charge in [0.05, 0.1) is 4.47 Å². The molecule has 0 aliphatic heterocycles. The number of aliphatic hydroxyl groups excluding tert-OH is 1. The second-order valence-electron chi connectivity index (χ2n) is 4.50. The first-order valence-electron chi connectivity index (χ1n) is 5.80. The molecular weight excluding hydrogens is 331 g/mol. The molecule has 1 nitrogen and oxygen atoms in total. The summed E-state index contributed by atoms with van der Waals surface area (Å²) in [5.41, 5.74) is 2.61. The molecule has 2 aromatic rings. The van der Waals surface area contributed by atoms with Crippen LogP contribution in [0.4, 0.5) is 4.39 Å². The Balaban J connectivity index is 2.53. The van der Waals surface area contributed by atoms with Crippen molar-refractivity contribution in [1.29, 1.82) is 0 Å². The Morgan fingerprint density at radius 1 is 1.16 bits per heavy atom. The van der Waals surface area contributed by atoms with Crippen LogP contribution < -0.4 is 0 Å². The summed E-state index contributed by atoms with van der Waals surface area (Å²) in [4.78, 5) is 0. The highest BCUT2D eigenvalue weighted by atomic mass is 79.9. The lowest BCUT2D eigenvalue weighted by molar-refractivity contribution is 0.214. The maximum Gasteiger partial charge on any atom is 0.143 e. The molecule has 19 heavy (non-hydrogen) atoms. The quantitative estimate of drug-likeness (QED) is 0.819. The average Bonchev–Trinajstić information content (AvgIpc) is 2.36. The summed E-state index contributed by atoms with van der Waals surface area (Å²) in [6.45, 7) is 3.70. The molecule has 1 unspecified atom stereocenters. The van der Waals surface area contributed by atoms with Crippen LogP contribution in [0.2, 0.25) is 5.02 Å². The van der Waals surface area contributed by atoms with Crippen molar-refractivity contribution >= 4 is 27.5 Å². The van der Waals surface area contributed by atoms with Crippen LogP contribution in [0.15, 0.2) is 34.8 Å². The van der Waals surface area contributed by atoms with E-state index in [1.165, 1.54) is 0 Å². The highest BCUT2D eigenvalue weighted by Gasteiger charge is 2.19. The van der Waals surface area contributed by atoms with E-state index in [0.29, 0.717) is 15.1 Å². The van der Waals surface area contributed by atoms with Crippen molar-refractivity contribution in [2.45, 2.75) is 20.0 Å². The van der Waals surface area contributed by atoms with E-state index < -0.39 is 11.9 Å². The highest BCUT2D eigenvalue weighted by molar-refractivity contribution is 9.10. The molecule has 0 fully saturated rings. The molecule has 100 valence electrons. The molecule has 1 atom stereocenters. The Hall–Kier alpha value is -0.900. The average molecular weight is 344 g/mol. The monoisotopic (exact) mass is 342 g/mol. The molecule has 0 heterocycles. The van der Waals surface area contributed by atoms with E-state index in [1.807, 2.05) is 13.8 Å². The van der Waals surface area contributed by atoms with Crippen LogP contribution >= 0.6 is 27.5 Å². The van der Waals surface area contributed by atoms with Crippen molar-refractivity contribution in [3.05, 3.63) is 67.9 Å². The standard InChI is InChI=1S/C15H13BrClFO/c1-8-7-13(17)9(2)6-11(8)15(19)10-4-3-5-12(16)14(10)18/h3-7,15,19H,1-2H3. The lowest BCUT2D eigenvalue weighted by atomic mass is 9.95. The summed E-state index contributed by atoms with van der Waals surface area (Å²) in [6.07, 6.45) is -1.01. The fourth-order valence-corrected chi connectivity index (χ4v) is 2.60. The molecule has 0 bridgehead atoms. The van der Waals surface area contributed by atoms with Gasteiger partial charge in [-0.2, -0.15) is 0 Å². The number of halogens is 3. The summed E-state index contributed by atoms with van der Waals surface area (Å²) in [5.74, 6) is -0.443. The molecule has 1 N–H and O–H groups in total. The van der Waals surface area contributed by atoms with E-state index in [1.54, 1.807) is 30.3 Å². The number of aryl methyl sites for hydroxylation is 2. The lowest BCUT2D eigenvalue weighted by Crippen LogP contribution is -2.05. The van der Waals surface area contributed by atoms with Gasteiger partial charge >= 0.3 is 0 Å². The zero-order chi connectivity index (χ0) is 14.2. The van der Waals surface area contributed by atoms with E-state index in [9.17, 15) is 9.50 Å². The van der Waals surface area contributed by atoms with E-state index in [0.717, 1.165) is 11.1 Å². The van der Waals surface area contributed by atoms with Gasteiger partial charge in [0.25, 0.3) is 0 Å². The Labute approximate surface area is 125 Å². The van der Waals surface area contributed by atoms with Crippen molar-refractivity contribution in [2.75, 3.05) is 0 Å². The van der Waals surface area contributed by atoms with Crippen molar-refractivity contribution in [2.24, 2.45) is 0 Å². The van der Waals surface area contributed by atoms with Crippen LogP contribution in [0.5, 0.6) is 0 Å². The maximum atomic E-state index is 14.0. The first kappa shape index (κ1) is 14.5. The predicted octanol–water partition coefficient (Wildman–Crippen LogP) is 4.94. The molecule has 0 aliphatic rings. The minimum absolute atomic E-state index is 0.249. The largest absolute Gasteiger partial charge is 0.384 e. The third kappa shape index (κ3) is 2.83. The summed E-state index contributed by atoms with van der Waals surface area (Å²) in [6, 6.07) is 8.46. The molecule has 0 aliphatic carbocycles. The van der Waals surface area contributed by atoms with E-state index in [2.05, 4.69) is 15.9 Å². The second kappa shape index (κ2) is 5.61. The van der Waals surface area contributed by atoms with Gasteiger partial charge in [0.1, 0.15) is 11.9 Å². The Bertz CT molecular complexity index is 628. The van der Waals surface area contributed by atoms with E-state index in [-0.39, 0.29) is 5.56 Å². The van der Waals surface area contributed by atoms with Gasteiger partial charge in [0.2, 0.25) is 0 Å². The number of hydrogen-bond acceptors (Lipinski definition) is 1. The smallest absolute Gasteiger partial charge is 0.143 e. The van der Waals surface area contributed by atoms with Crippen LogP contribution in [-0.4, -0.2) is 5.11 Å². The van der Waals surface area contributed by atoms with Crippen molar-refractivity contribution in [3.8, 4) is 0 Å². The zero-order valence-electron chi connectivity index (χ0n) is 10.5. The van der Waals surface area contributed by atoms with Crippen LogP contribution in [-0.2, 0) is 0 Å². The molecule has 0 spiro atoms. The molecule has 0 saturated heterocycles. The summed E-state index contributed by atoms with van der Waals surface area (Å²) in [5, 5.41) is 11.0. The van der Waals surface area contributed by atoms with Gasteiger partial charge in [-0.25, -0.2) is 4.39 Å². The maximum absolute atomic E-state index is 14.0. The number of aliphatic hydroxyl groups is 1. The van der Waals surface area contributed by atoms with Crippen molar-refractivity contribution in [1.82, 2.24) is 0 Å². The lowest BCUT2D eigenvalue weighted by Gasteiger charge is -2.17. The molecule has 0 aromatic heterocycles. The van der Waals surface area contributed by atoms with E-state index in [4.69, 9.17) is 11.6 Å². The van der Waals surface area contributed by atoms with Gasteiger partial charge in [0, 0.05) is 10.6 Å². The summed E-state index contributed by atoms with van der Waals surface area (Å²) < 4.78 is 14.4. The third-order valence-corrected chi connectivity index (χ3v) is 4.14. The number of rotatable bonds is 2. The van der Waals surface area contributed by atoms with Crippen LogP contribution in [0.25, 0.3) is 0 Å². The normalized spacial score (nSPS) is 12.5. The van der Waals surface area contributed by atoms with Crippen molar-refractivity contribution < 1.29 is 9.50 Å². The Morgan fingerprint density at radius 2 is 1.84 bits per heavy atom. The number of hydrogen-bond donors (Lipinski definition) is 1. The topological polar surface area (TPSA) is 20.2 Å². The molecule has 0 radical (unpaired) electrons. The fourth-order valence-electron chi connectivity index (χ4n) is 2.00. The summed E-state index contributed by atoms with van der Waals surface area (Å²) in [7, 11) is 0. The van der Waals surface area contributed by atoms with Crippen molar-refractivity contribution in [3.63, 3.8) is 0 Å². The number of benzene rings is 2. The molecule has 2 rings (SSSR count). The van der Waals surface area contributed by atoms with Crippen LogP contribution in [0, 0.1) is 19.7 Å². The fraction of sp³-hybridized carbons (Fsp3) is 0.200.